The number of rotatable bonds is 4. The molecular weight excluding hydrogens is 248 g/mol. The van der Waals surface area contributed by atoms with Gasteiger partial charge < -0.3 is 10.5 Å². The van der Waals surface area contributed by atoms with Gasteiger partial charge in [-0.15, -0.1) is 11.3 Å². The molecule has 5 heteroatoms. The molecule has 0 atom stereocenters. The van der Waals surface area contributed by atoms with Crippen LogP contribution in [0.5, 0.6) is 0 Å². The maximum absolute atomic E-state index is 11.5. The summed E-state index contributed by atoms with van der Waals surface area (Å²) in [6.45, 7) is 0.376. The van der Waals surface area contributed by atoms with Crippen molar-refractivity contribution < 1.29 is 9.53 Å². The number of anilines is 2. The molecule has 3 N–H and O–H groups in total. The van der Waals surface area contributed by atoms with E-state index in [4.69, 9.17) is 10.5 Å². The van der Waals surface area contributed by atoms with Gasteiger partial charge in [0, 0.05) is 22.7 Å². The summed E-state index contributed by atoms with van der Waals surface area (Å²) < 4.78 is 5.07. The van der Waals surface area contributed by atoms with Crippen LogP contribution in [0.2, 0.25) is 0 Å². The summed E-state index contributed by atoms with van der Waals surface area (Å²) in [5.74, 6) is 0. The van der Waals surface area contributed by atoms with E-state index in [1.54, 1.807) is 35.6 Å². The normalized spacial score (nSPS) is 10.0. The van der Waals surface area contributed by atoms with E-state index in [1.165, 1.54) is 4.88 Å². The molecule has 0 bridgehead atoms. The smallest absolute Gasteiger partial charge is 0.411 e. The van der Waals surface area contributed by atoms with Gasteiger partial charge in [-0.1, -0.05) is 6.07 Å². The standard InChI is InChI=1S/C13H14N2O2S/c14-10-3-5-11(6-4-10)15-13(16)17-8-7-12-2-1-9-18-12/h1-6,9H,7-8,14H2,(H,15,16). The quantitative estimate of drug-likeness (QED) is 0.832. The van der Waals surface area contributed by atoms with Gasteiger partial charge in [-0.25, -0.2) is 4.79 Å². The van der Waals surface area contributed by atoms with E-state index in [0.29, 0.717) is 18.0 Å². The van der Waals surface area contributed by atoms with E-state index in [9.17, 15) is 4.79 Å². The van der Waals surface area contributed by atoms with Crippen molar-refractivity contribution in [3.8, 4) is 0 Å². The first-order valence-corrected chi connectivity index (χ1v) is 6.44. The molecule has 1 aromatic heterocycles. The van der Waals surface area contributed by atoms with Crippen LogP contribution in [0.4, 0.5) is 16.2 Å². The molecule has 0 saturated heterocycles. The Bertz CT molecular complexity index is 494. The largest absolute Gasteiger partial charge is 0.449 e. The minimum atomic E-state index is -0.448. The first-order chi connectivity index (χ1) is 8.74. The third kappa shape index (κ3) is 3.78. The van der Waals surface area contributed by atoms with Crippen molar-refractivity contribution in [2.45, 2.75) is 6.42 Å². The van der Waals surface area contributed by atoms with E-state index in [2.05, 4.69) is 5.32 Å². The Balaban J connectivity index is 1.73. The molecule has 0 aliphatic heterocycles. The number of carbonyl (C=O) groups excluding carboxylic acids is 1. The van der Waals surface area contributed by atoms with Gasteiger partial charge >= 0.3 is 6.09 Å². The van der Waals surface area contributed by atoms with Gasteiger partial charge in [-0.2, -0.15) is 0 Å². The lowest BCUT2D eigenvalue weighted by atomic mass is 10.3. The van der Waals surface area contributed by atoms with Crippen LogP contribution in [0, 0.1) is 0 Å². The topological polar surface area (TPSA) is 64.3 Å². The lowest BCUT2D eigenvalue weighted by Gasteiger charge is -2.06. The number of nitrogens with two attached hydrogens (primary N) is 1. The van der Waals surface area contributed by atoms with Crippen molar-refractivity contribution in [3.63, 3.8) is 0 Å². The zero-order chi connectivity index (χ0) is 12.8. The summed E-state index contributed by atoms with van der Waals surface area (Å²) in [6, 6.07) is 10.9. The minimum Gasteiger partial charge on any atom is -0.449 e. The summed E-state index contributed by atoms with van der Waals surface area (Å²) in [6.07, 6.45) is 0.295. The Morgan fingerprint density at radius 1 is 1.28 bits per heavy atom. The number of benzene rings is 1. The summed E-state index contributed by atoms with van der Waals surface area (Å²) in [5.41, 5.74) is 6.88. The molecule has 0 saturated carbocycles. The molecule has 0 fully saturated rings. The minimum absolute atomic E-state index is 0.376. The molecule has 1 amide bonds. The van der Waals surface area contributed by atoms with E-state index in [-0.39, 0.29) is 0 Å². The molecule has 1 heterocycles. The number of nitrogen functional groups attached to an aromatic ring is 1. The van der Waals surface area contributed by atoms with Crippen LogP contribution in [0.3, 0.4) is 0 Å². The van der Waals surface area contributed by atoms with E-state index in [1.807, 2.05) is 17.5 Å². The molecule has 0 radical (unpaired) electrons. The average molecular weight is 262 g/mol. The molecule has 0 spiro atoms. The lowest BCUT2D eigenvalue weighted by molar-refractivity contribution is 0.163. The fraction of sp³-hybridized carbons (Fsp3) is 0.154. The third-order valence-electron chi connectivity index (χ3n) is 2.32. The van der Waals surface area contributed by atoms with Gasteiger partial charge in [-0.05, 0) is 35.7 Å². The van der Waals surface area contributed by atoms with Crippen molar-refractivity contribution in [2.24, 2.45) is 0 Å². The monoisotopic (exact) mass is 262 g/mol. The van der Waals surface area contributed by atoms with Crippen molar-refractivity contribution in [1.82, 2.24) is 0 Å². The average Bonchev–Trinajstić information content (AvgIpc) is 2.85. The molecule has 0 unspecified atom stereocenters. The molecule has 2 rings (SSSR count). The summed E-state index contributed by atoms with van der Waals surface area (Å²) in [5, 5.41) is 4.64. The van der Waals surface area contributed by atoms with Gasteiger partial charge in [-0.3, -0.25) is 5.32 Å². The maximum atomic E-state index is 11.5. The van der Waals surface area contributed by atoms with E-state index in [0.717, 1.165) is 6.42 Å². The van der Waals surface area contributed by atoms with Crippen LogP contribution in [0.1, 0.15) is 4.88 Å². The first-order valence-electron chi connectivity index (χ1n) is 5.56. The highest BCUT2D eigenvalue weighted by Gasteiger charge is 2.03. The molecule has 1 aromatic carbocycles. The highest BCUT2D eigenvalue weighted by Crippen LogP contribution is 2.11. The predicted molar refractivity (Wildman–Crippen MR) is 73.8 cm³/mol. The van der Waals surface area contributed by atoms with Crippen molar-refractivity contribution in [2.75, 3.05) is 17.7 Å². The van der Waals surface area contributed by atoms with E-state index < -0.39 is 6.09 Å². The molecule has 0 aliphatic rings. The van der Waals surface area contributed by atoms with Gasteiger partial charge in [0.25, 0.3) is 0 Å². The van der Waals surface area contributed by atoms with Crippen LogP contribution in [-0.4, -0.2) is 12.7 Å². The Kier molecular flexibility index (Phi) is 4.20. The van der Waals surface area contributed by atoms with Crippen LogP contribution < -0.4 is 11.1 Å². The second-order valence-corrected chi connectivity index (χ2v) is 4.74. The number of hydrogen-bond acceptors (Lipinski definition) is 4. The highest BCUT2D eigenvalue weighted by atomic mass is 32.1. The number of ether oxygens (including phenoxy) is 1. The third-order valence-corrected chi connectivity index (χ3v) is 3.25. The highest BCUT2D eigenvalue weighted by molar-refractivity contribution is 7.09. The Labute approximate surface area is 109 Å². The van der Waals surface area contributed by atoms with Crippen molar-refractivity contribution in [1.29, 1.82) is 0 Å². The number of amides is 1. The zero-order valence-corrected chi connectivity index (χ0v) is 10.6. The predicted octanol–water partition coefficient (Wildman–Crippen LogP) is 3.12. The summed E-state index contributed by atoms with van der Waals surface area (Å²) in [4.78, 5) is 12.7. The Morgan fingerprint density at radius 2 is 2.06 bits per heavy atom. The number of carbonyl (C=O) groups is 1. The van der Waals surface area contributed by atoms with Gasteiger partial charge in [0.2, 0.25) is 0 Å². The van der Waals surface area contributed by atoms with Gasteiger partial charge in [0.1, 0.15) is 0 Å². The molecule has 18 heavy (non-hydrogen) atoms. The maximum Gasteiger partial charge on any atom is 0.411 e. The molecular formula is C13H14N2O2S. The SMILES string of the molecule is Nc1ccc(NC(=O)OCCc2cccs2)cc1. The molecule has 94 valence electrons. The second kappa shape index (κ2) is 6.07. The Hall–Kier alpha value is -2.01. The number of thiophene rings is 1. The first kappa shape index (κ1) is 12.4. The van der Waals surface area contributed by atoms with Crippen molar-refractivity contribution in [3.05, 3.63) is 46.7 Å². The number of hydrogen-bond donors (Lipinski definition) is 2. The number of nitrogens with one attached hydrogen (secondary N) is 1. The van der Waals surface area contributed by atoms with Gasteiger partial charge in [0.15, 0.2) is 0 Å². The fourth-order valence-electron chi connectivity index (χ4n) is 1.42. The van der Waals surface area contributed by atoms with Crippen molar-refractivity contribution >= 4 is 28.8 Å². The van der Waals surface area contributed by atoms with E-state index >= 15 is 0 Å². The summed E-state index contributed by atoms with van der Waals surface area (Å²) >= 11 is 1.65. The summed E-state index contributed by atoms with van der Waals surface area (Å²) in [7, 11) is 0. The van der Waals surface area contributed by atoms with Crippen LogP contribution in [0.25, 0.3) is 0 Å². The van der Waals surface area contributed by atoms with Crippen LogP contribution >= 0.6 is 11.3 Å². The Morgan fingerprint density at radius 3 is 2.72 bits per heavy atom. The fourth-order valence-corrected chi connectivity index (χ4v) is 2.11. The van der Waals surface area contributed by atoms with Gasteiger partial charge in [0.05, 0.1) is 6.61 Å². The second-order valence-electron chi connectivity index (χ2n) is 3.71. The molecule has 2 aromatic rings. The lowest BCUT2D eigenvalue weighted by Crippen LogP contribution is -2.15. The zero-order valence-electron chi connectivity index (χ0n) is 9.76. The van der Waals surface area contributed by atoms with Crippen LogP contribution in [-0.2, 0) is 11.2 Å². The molecule has 4 nitrogen and oxygen atoms in total. The molecule has 0 aliphatic carbocycles. The van der Waals surface area contributed by atoms with Crippen LogP contribution in [0.15, 0.2) is 41.8 Å².